The second-order valence-electron chi connectivity index (χ2n) is 5.16. The van der Waals surface area contributed by atoms with Gasteiger partial charge in [0.15, 0.2) is 0 Å². The Morgan fingerprint density at radius 3 is 2.12 bits per heavy atom. The Hall–Kier alpha value is -3.66. The van der Waals surface area contributed by atoms with E-state index in [0.717, 1.165) is 0 Å². The number of carbonyl (C=O) groups excluding carboxylic acids is 1. The minimum Gasteiger partial charge on any atom is -0.481 e. The molecule has 0 unspecified atom stereocenters. The minimum absolute atomic E-state index is 0.1000. The third-order valence-corrected chi connectivity index (χ3v) is 3.45. The van der Waals surface area contributed by atoms with Gasteiger partial charge in [-0.3, -0.25) is 9.59 Å². The molecule has 0 fully saturated rings. The molecule has 0 bridgehead atoms. The summed E-state index contributed by atoms with van der Waals surface area (Å²) in [5, 5.41) is 32.3. The summed E-state index contributed by atoms with van der Waals surface area (Å²) in [5.74, 6) is -1.30. The summed E-state index contributed by atoms with van der Waals surface area (Å²) in [6.07, 6.45) is -0.0423. The predicted molar refractivity (Wildman–Crippen MR) is 90.7 cm³/mol. The van der Waals surface area contributed by atoms with Crippen LogP contribution >= 0.6 is 0 Å². The van der Waals surface area contributed by atoms with E-state index in [0.29, 0.717) is 22.4 Å². The molecule has 2 aromatic rings. The van der Waals surface area contributed by atoms with Crippen molar-refractivity contribution in [1.82, 2.24) is 0 Å². The SMILES string of the molecule is N#Cc1ccc(C(=O)Nc2ccc(C(CCC(=O)O)=NO)cc2)cc1. The summed E-state index contributed by atoms with van der Waals surface area (Å²) in [7, 11) is 0. The summed E-state index contributed by atoms with van der Waals surface area (Å²) in [5.41, 5.74) is 2.25. The van der Waals surface area contributed by atoms with Crippen LogP contribution in [0.15, 0.2) is 53.7 Å². The molecule has 7 nitrogen and oxygen atoms in total. The van der Waals surface area contributed by atoms with Gasteiger partial charge in [0, 0.05) is 17.7 Å². The first-order chi connectivity index (χ1) is 12.0. The summed E-state index contributed by atoms with van der Waals surface area (Å²) in [6.45, 7) is 0. The van der Waals surface area contributed by atoms with Gasteiger partial charge in [-0.1, -0.05) is 17.3 Å². The number of oxime groups is 1. The number of nitrogens with zero attached hydrogens (tertiary/aromatic N) is 2. The van der Waals surface area contributed by atoms with Crippen molar-refractivity contribution < 1.29 is 19.9 Å². The topological polar surface area (TPSA) is 123 Å². The molecule has 7 heteroatoms. The number of nitrogens with one attached hydrogen (secondary N) is 1. The molecule has 1 amide bonds. The summed E-state index contributed by atoms with van der Waals surface area (Å²) >= 11 is 0. The zero-order valence-corrected chi connectivity index (χ0v) is 13.1. The van der Waals surface area contributed by atoms with Gasteiger partial charge in [0.25, 0.3) is 5.91 Å². The number of rotatable bonds is 6. The van der Waals surface area contributed by atoms with Crippen LogP contribution in [-0.4, -0.2) is 27.9 Å². The molecule has 2 rings (SSSR count). The number of hydrogen-bond acceptors (Lipinski definition) is 5. The first-order valence-corrected chi connectivity index (χ1v) is 7.38. The molecule has 0 radical (unpaired) electrons. The van der Waals surface area contributed by atoms with Crippen molar-refractivity contribution in [3.63, 3.8) is 0 Å². The molecule has 0 aliphatic rings. The molecule has 25 heavy (non-hydrogen) atoms. The van der Waals surface area contributed by atoms with Crippen LogP contribution in [0.1, 0.15) is 34.3 Å². The summed E-state index contributed by atoms with van der Waals surface area (Å²) < 4.78 is 0. The van der Waals surface area contributed by atoms with E-state index >= 15 is 0 Å². The van der Waals surface area contributed by atoms with Gasteiger partial charge in [-0.15, -0.1) is 0 Å². The number of hydrogen-bond donors (Lipinski definition) is 3. The summed E-state index contributed by atoms with van der Waals surface area (Å²) in [6, 6.07) is 14.7. The average molecular weight is 337 g/mol. The first kappa shape index (κ1) is 17.7. The van der Waals surface area contributed by atoms with Crippen molar-refractivity contribution in [2.75, 3.05) is 5.32 Å². The van der Waals surface area contributed by atoms with E-state index < -0.39 is 5.97 Å². The second kappa shape index (κ2) is 8.26. The number of carboxylic acids is 1. The van der Waals surface area contributed by atoms with Crippen LogP contribution in [0.3, 0.4) is 0 Å². The molecule has 126 valence electrons. The Labute approximate surface area is 143 Å². The molecular formula is C18H15N3O4. The van der Waals surface area contributed by atoms with Crippen molar-refractivity contribution in [1.29, 1.82) is 5.26 Å². The Bertz CT molecular complexity index is 834. The highest BCUT2D eigenvalue weighted by Crippen LogP contribution is 2.14. The maximum absolute atomic E-state index is 12.1. The molecule has 0 spiro atoms. The second-order valence-corrected chi connectivity index (χ2v) is 5.16. The fourth-order valence-electron chi connectivity index (χ4n) is 2.12. The zero-order valence-electron chi connectivity index (χ0n) is 13.1. The van der Waals surface area contributed by atoms with E-state index in [1.807, 2.05) is 6.07 Å². The zero-order chi connectivity index (χ0) is 18.2. The molecule has 0 aliphatic carbocycles. The summed E-state index contributed by atoms with van der Waals surface area (Å²) in [4.78, 5) is 22.7. The van der Waals surface area contributed by atoms with Gasteiger partial charge in [-0.2, -0.15) is 5.26 Å². The molecule has 3 N–H and O–H groups in total. The van der Waals surface area contributed by atoms with Gasteiger partial charge in [0.2, 0.25) is 0 Å². The van der Waals surface area contributed by atoms with Gasteiger partial charge in [0.1, 0.15) is 0 Å². The maximum atomic E-state index is 12.1. The monoisotopic (exact) mass is 337 g/mol. The molecule has 0 saturated heterocycles. The molecular weight excluding hydrogens is 322 g/mol. The quantitative estimate of drug-likeness (QED) is 0.425. The number of carboxylic acid groups (broad SMARTS) is 1. The number of nitriles is 1. The van der Waals surface area contributed by atoms with Gasteiger partial charge >= 0.3 is 5.97 Å². The molecule has 0 aromatic heterocycles. The van der Waals surface area contributed by atoms with E-state index in [4.69, 9.17) is 15.6 Å². The Kier molecular flexibility index (Phi) is 5.85. The van der Waals surface area contributed by atoms with Crippen molar-refractivity contribution in [2.24, 2.45) is 5.16 Å². The van der Waals surface area contributed by atoms with Gasteiger partial charge in [0.05, 0.1) is 23.8 Å². The van der Waals surface area contributed by atoms with E-state index in [1.165, 1.54) is 0 Å². The van der Waals surface area contributed by atoms with Crippen molar-refractivity contribution in [2.45, 2.75) is 12.8 Å². The third kappa shape index (κ3) is 4.91. The highest BCUT2D eigenvalue weighted by Gasteiger charge is 2.09. The largest absolute Gasteiger partial charge is 0.481 e. The van der Waals surface area contributed by atoms with Crippen LogP contribution in [0.5, 0.6) is 0 Å². The smallest absolute Gasteiger partial charge is 0.303 e. The van der Waals surface area contributed by atoms with Gasteiger partial charge in [-0.25, -0.2) is 0 Å². The number of benzene rings is 2. The Morgan fingerprint density at radius 1 is 1.00 bits per heavy atom. The third-order valence-electron chi connectivity index (χ3n) is 3.45. The molecule has 0 heterocycles. The lowest BCUT2D eigenvalue weighted by molar-refractivity contribution is -0.136. The lowest BCUT2D eigenvalue weighted by Crippen LogP contribution is -2.12. The average Bonchev–Trinajstić information content (AvgIpc) is 2.63. The van der Waals surface area contributed by atoms with E-state index in [-0.39, 0.29) is 24.5 Å². The van der Waals surface area contributed by atoms with Gasteiger partial charge < -0.3 is 15.6 Å². The molecule has 0 saturated carbocycles. The molecule has 0 atom stereocenters. The van der Waals surface area contributed by atoms with E-state index in [1.54, 1.807) is 48.5 Å². The van der Waals surface area contributed by atoms with Crippen molar-refractivity contribution in [3.8, 4) is 6.07 Å². The highest BCUT2D eigenvalue weighted by molar-refractivity contribution is 6.05. The normalized spacial score (nSPS) is 10.8. The molecule has 2 aromatic carbocycles. The maximum Gasteiger partial charge on any atom is 0.303 e. The van der Waals surface area contributed by atoms with E-state index in [9.17, 15) is 9.59 Å². The predicted octanol–water partition coefficient (Wildman–Crippen LogP) is 2.85. The fraction of sp³-hybridized carbons (Fsp3) is 0.111. The van der Waals surface area contributed by atoms with Crippen molar-refractivity contribution >= 4 is 23.3 Å². The highest BCUT2D eigenvalue weighted by atomic mass is 16.4. The Balaban J connectivity index is 2.05. The van der Waals surface area contributed by atoms with E-state index in [2.05, 4.69) is 10.5 Å². The van der Waals surface area contributed by atoms with Crippen LogP contribution < -0.4 is 5.32 Å². The van der Waals surface area contributed by atoms with Crippen LogP contribution in [0, 0.1) is 11.3 Å². The lowest BCUT2D eigenvalue weighted by atomic mass is 10.1. The number of amides is 1. The van der Waals surface area contributed by atoms with Crippen LogP contribution in [0.4, 0.5) is 5.69 Å². The minimum atomic E-state index is -0.979. The fourth-order valence-corrected chi connectivity index (χ4v) is 2.12. The van der Waals surface area contributed by atoms with Crippen molar-refractivity contribution in [3.05, 3.63) is 65.2 Å². The van der Waals surface area contributed by atoms with Crippen LogP contribution in [0.25, 0.3) is 0 Å². The van der Waals surface area contributed by atoms with Gasteiger partial charge in [-0.05, 0) is 42.0 Å². The standard InChI is InChI=1S/C18H15N3O4/c19-11-12-1-3-14(4-2-12)18(24)20-15-7-5-13(6-8-15)16(21-25)9-10-17(22)23/h1-8,25H,9-10H2,(H,20,24)(H,22,23). The number of anilines is 1. The lowest BCUT2D eigenvalue weighted by Gasteiger charge is -2.07. The number of carbonyl (C=O) groups is 2. The van der Waals surface area contributed by atoms with Crippen LogP contribution in [-0.2, 0) is 4.79 Å². The first-order valence-electron chi connectivity index (χ1n) is 7.38. The Morgan fingerprint density at radius 2 is 1.60 bits per heavy atom. The van der Waals surface area contributed by atoms with Crippen LogP contribution in [0.2, 0.25) is 0 Å². The number of aliphatic carboxylic acids is 1. The molecule has 0 aliphatic heterocycles.